The zero-order valence-corrected chi connectivity index (χ0v) is 16.9. The van der Waals surface area contributed by atoms with Crippen LogP contribution in [0.1, 0.15) is 12.0 Å². The van der Waals surface area contributed by atoms with Crippen LogP contribution in [0.5, 0.6) is 0 Å². The van der Waals surface area contributed by atoms with Crippen molar-refractivity contribution in [2.75, 3.05) is 27.9 Å². The number of esters is 2. The highest BCUT2D eigenvalue weighted by Gasteiger charge is 2.67. The zero-order valence-electron chi connectivity index (χ0n) is 16.1. The number of carbonyl (C=O) groups is 2. The highest BCUT2D eigenvalue weighted by atomic mass is 32.2. The molecule has 0 amide bonds. The first-order chi connectivity index (χ1) is 13.2. The summed E-state index contributed by atoms with van der Waals surface area (Å²) in [6.45, 7) is 1.95. The molecule has 2 heterocycles. The molecule has 2 saturated heterocycles. The molecule has 1 unspecified atom stereocenters. The van der Waals surface area contributed by atoms with E-state index in [9.17, 15) is 18.0 Å². The number of aryl methyl sites for hydroxylation is 1. The minimum atomic E-state index is -3.90. The molecule has 0 aliphatic carbocycles. The van der Waals surface area contributed by atoms with Crippen LogP contribution in [0.3, 0.4) is 0 Å². The van der Waals surface area contributed by atoms with Gasteiger partial charge in [-0.2, -0.15) is 4.31 Å². The summed E-state index contributed by atoms with van der Waals surface area (Å²) >= 11 is 0. The van der Waals surface area contributed by atoms with Crippen molar-refractivity contribution in [3.05, 3.63) is 29.8 Å². The Labute approximate surface area is 163 Å². The molecule has 2 bridgehead atoms. The maximum atomic E-state index is 13.2. The molecule has 3 atom stereocenters. The summed E-state index contributed by atoms with van der Waals surface area (Å²) < 4.78 is 48.5. The summed E-state index contributed by atoms with van der Waals surface area (Å²) in [4.78, 5) is 24.8. The largest absolute Gasteiger partial charge is 0.468 e. The highest BCUT2D eigenvalue weighted by Crippen LogP contribution is 2.48. The van der Waals surface area contributed by atoms with Gasteiger partial charge >= 0.3 is 11.9 Å². The first-order valence-electron chi connectivity index (χ1n) is 8.68. The number of morpholine rings is 1. The van der Waals surface area contributed by atoms with Crippen molar-refractivity contribution in [3.63, 3.8) is 0 Å². The molecule has 3 rings (SSSR count). The van der Waals surface area contributed by atoms with Crippen LogP contribution < -0.4 is 0 Å². The molecule has 10 heteroatoms. The fraction of sp³-hybridized carbons (Fsp3) is 0.556. The third kappa shape index (κ3) is 3.10. The van der Waals surface area contributed by atoms with Gasteiger partial charge in [0.2, 0.25) is 21.7 Å². The molecule has 2 aliphatic rings. The molecule has 0 radical (unpaired) electrons. The minimum absolute atomic E-state index is 0.0983. The second-order valence-corrected chi connectivity index (χ2v) is 8.67. The molecule has 1 aromatic rings. The number of fused-ring (bicyclic) bond motifs is 2. The van der Waals surface area contributed by atoms with Crippen molar-refractivity contribution < 1.29 is 37.0 Å². The average molecular weight is 413 g/mol. The summed E-state index contributed by atoms with van der Waals surface area (Å²) in [6, 6.07) is 5.55. The van der Waals surface area contributed by atoms with Crippen molar-refractivity contribution in [1.29, 1.82) is 0 Å². The molecule has 0 saturated carbocycles. The normalized spacial score (nSPS) is 27.2. The van der Waals surface area contributed by atoms with Crippen molar-refractivity contribution in [3.8, 4) is 0 Å². The van der Waals surface area contributed by atoms with Crippen molar-refractivity contribution in [2.45, 2.75) is 36.2 Å². The third-order valence-electron chi connectivity index (χ3n) is 5.26. The molecule has 0 spiro atoms. The maximum absolute atomic E-state index is 13.2. The minimum Gasteiger partial charge on any atom is -0.468 e. The lowest BCUT2D eigenvalue weighted by molar-refractivity contribution is -0.274. The fourth-order valence-corrected chi connectivity index (χ4v) is 5.57. The van der Waals surface area contributed by atoms with Crippen LogP contribution in [0, 0.1) is 12.8 Å². The lowest BCUT2D eigenvalue weighted by Gasteiger charge is -2.43. The summed E-state index contributed by atoms with van der Waals surface area (Å²) in [6.07, 6.45) is -0.245. The Morgan fingerprint density at radius 1 is 1.14 bits per heavy atom. The number of carbonyl (C=O) groups excluding carboxylic acids is 2. The first kappa shape index (κ1) is 20.7. The Hall–Kier alpha value is -2.01. The number of hydrogen-bond donors (Lipinski definition) is 0. The van der Waals surface area contributed by atoms with E-state index < -0.39 is 45.8 Å². The summed E-state index contributed by atoms with van der Waals surface area (Å²) in [5.74, 6) is -5.26. The van der Waals surface area contributed by atoms with Crippen LogP contribution >= 0.6 is 0 Å². The van der Waals surface area contributed by atoms with Gasteiger partial charge in [0, 0.05) is 13.7 Å². The molecule has 154 valence electrons. The quantitative estimate of drug-likeness (QED) is 0.489. The van der Waals surface area contributed by atoms with E-state index in [2.05, 4.69) is 0 Å². The van der Waals surface area contributed by atoms with E-state index in [0.29, 0.717) is 0 Å². The van der Waals surface area contributed by atoms with Crippen molar-refractivity contribution in [2.24, 2.45) is 5.92 Å². The van der Waals surface area contributed by atoms with Gasteiger partial charge in [-0.15, -0.1) is 0 Å². The van der Waals surface area contributed by atoms with Gasteiger partial charge in [-0.05, 0) is 25.5 Å². The Kier molecular flexibility index (Phi) is 5.50. The molecule has 28 heavy (non-hydrogen) atoms. The van der Waals surface area contributed by atoms with Gasteiger partial charge in [0.05, 0.1) is 31.3 Å². The van der Waals surface area contributed by atoms with Crippen LogP contribution in [-0.2, 0) is 38.6 Å². The van der Waals surface area contributed by atoms with Gasteiger partial charge in [0.25, 0.3) is 0 Å². The standard InChI is InChI=1S/C18H23NO8S/c1-11-5-7-13(8-6-11)28(22,23)19-10-12-9-14(19)18(26-4,27-12)15(16(20)24-2)17(21)25-3/h5-8,12,14-15H,9-10H2,1-4H3/t12-,14-,18?/m0/s1. The topological polar surface area (TPSA) is 108 Å². The number of hydrogen-bond acceptors (Lipinski definition) is 8. The molecule has 1 aromatic carbocycles. The lowest BCUT2D eigenvalue weighted by atomic mass is 9.92. The molecular formula is C18H23NO8S. The van der Waals surface area contributed by atoms with Crippen LogP contribution in [0.2, 0.25) is 0 Å². The van der Waals surface area contributed by atoms with E-state index in [1.165, 1.54) is 23.5 Å². The lowest BCUT2D eigenvalue weighted by Crippen LogP contribution is -2.63. The second-order valence-electron chi connectivity index (χ2n) is 6.78. The highest BCUT2D eigenvalue weighted by molar-refractivity contribution is 7.89. The van der Waals surface area contributed by atoms with Gasteiger partial charge in [-0.25, -0.2) is 8.42 Å². The van der Waals surface area contributed by atoms with E-state index in [1.54, 1.807) is 12.1 Å². The molecule has 9 nitrogen and oxygen atoms in total. The zero-order chi connectivity index (χ0) is 20.7. The maximum Gasteiger partial charge on any atom is 0.325 e. The van der Waals surface area contributed by atoms with E-state index in [4.69, 9.17) is 18.9 Å². The number of sulfonamides is 1. The Morgan fingerprint density at radius 2 is 1.71 bits per heavy atom. The molecule has 2 aliphatic heterocycles. The number of nitrogens with zero attached hydrogens (tertiary/aromatic N) is 1. The van der Waals surface area contributed by atoms with Crippen molar-refractivity contribution >= 4 is 22.0 Å². The summed E-state index contributed by atoms with van der Waals surface area (Å²) in [5.41, 5.74) is 0.924. The van der Waals surface area contributed by atoms with Gasteiger partial charge in [0.15, 0.2) is 0 Å². The Bertz CT molecular complexity index is 852. The summed E-state index contributed by atoms with van der Waals surface area (Å²) in [7, 11) is -0.395. The smallest absolute Gasteiger partial charge is 0.325 e. The van der Waals surface area contributed by atoms with Gasteiger partial charge < -0.3 is 18.9 Å². The Morgan fingerprint density at radius 3 is 2.18 bits per heavy atom. The average Bonchev–Trinajstić information content (AvgIpc) is 3.27. The molecule has 0 N–H and O–H groups in total. The number of benzene rings is 1. The van der Waals surface area contributed by atoms with E-state index in [-0.39, 0.29) is 17.9 Å². The van der Waals surface area contributed by atoms with Gasteiger partial charge in [-0.1, -0.05) is 17.7 Å². The third-order valence-corrected chi connectivity index (χ3v) is 7.14. The van der Waals surface area contributed by atoms with Crippen LogP contribution in [0.25, 0.3) is 0 Å². The van der Waals surface area contributed by atoms with Crippen LogP contribution in [-0.4, -0.2) is 70.5 Å². The van der Waals surface area contributed by atoms with Crippen molar-refractivity contribution in [1.82, 2.24) is 4.31 Å². The number of methoxy groups -OCH3 is 3. The van der Waals surface area contributed by atoms with Gasteiger partial charge in [-0.3, -0.25) is 9.59 Å². The molecule has 2 fully saturated rings. The van der Waals surface area contributed by atoms with E-state index >= 15 is 0 Å². The predicted molar refractivity (Wildman–Crippen MR) is 95.6 cm³/mol. The Balaban J connectivity index is 2.04. The number of rotatable bonds is 6. The first-order valence-corrected chi connectivity index (χ1v) is 10.1. The summed E-state index contributed by atoms with van der Waals surface area (Å²) in [5, 5.41) is 0. The van der Waals surface area contributed by atoms with E-state index in [1.807, 2.05) is 6.92 Å². The van der Waals surface area contributed by atoms with Crippen LogP contribution in [0.15, 0.2) is 29.2 Å². The molecule has 0 aromatic heterocycles. The SMILES string of the molecule is COC(=O)C(C(=O)OC)C1(OC)O[C@H]2C[C@@H]1N(S(=O)(=O)c1ccc(C)cc1)C2. The number of ether oxygens (including phenoxy) is 4. The second kappa shape index (κ2) is 7.43. The van der Waals surface area contributed by atoms with Crippen LogP contribution in [0.4, 0.5) is 0 Å². The van der Waals surface area contributed by atoms with Gasteiger partial charge in [0.1, 0.15) is 0 Å². The van der Waals surface area contributed by atoms with E-state index in [0.717, 1.165) is 19.8 Å². The monoisotopic (exact) mass is 413 g/mol. The fourth-order valence-electron chi connectivity index (χ4n) is 3.89. The predicted octanol–water partition coefficient (Wildman–Crippen LogP) is 0.462. The molecular weight excluding hydrogens is 390 g/mol.